The second-order valence-corrected chi connectivity index (χ2v) is 11.7. The van der Waals surface area contributed by atoms with Gasteiger partial charge in [0.25, 0.3) is 0 Å². The Balaban J connectivity index is 2.28. The Labute approximate surface area is 235 Å². The summed E-state index contributed by atoms with van der Waals surface area (Å²) in [6.45, 7) is 2.35. The van der Waals surface area contributed by atoms with Crippen LogP contribution >= 0.6 is 0 Å². The van der Waals surface area contributed by atoms with Gasteiger partial charge in [-0.3, -0.25) is 9.59 Å². The van der Waals surface area contributed by atoms with Gasteiger partial charge >= 0.3 is 43.2 Å². The van der Waals surface area contributed by atoms with Crippen molar-refractivity contribution < 1.29 is 70.6 Å². The standard InChI is InChI=1S/C24H22F6O10S2/c1-3-37-21(31)19-17(13-9-5-7-11-15(13)39-41(33,34)23(25,26)27)18(20(19)22(32)38-4-2)14-10-6-8-12-16(14)40-42(35,36)24(28,29)30/h5-12,17-20H,3-4H2,1-2H3/t17-,18-,19-,20-/m1/s1. The molecule has 0 bridgehead atoms. The maximum atomic E-state index is 13.1. The molecule has 1 aliphatic rings. The van der Waals surface area contributed by atoms with E-state index < -0.39 is 78.4 Å². The van der Waals surface area contributed by atoms with Crippen molar-refractivity contribution in [2.45, 2.75) is 36.7 Å². The van der Waals surface area contributed by atoms with Crippen molar-refractivity contribution in [1.29, 1.82) is 0 Å². The summed E-state index contributed by atoms with van der Waals surface area (Å²) in [4.78, 5) is 26.1. The Hall–Kier alpha value is -3.54. The minimum absolute atomic E-state index is 0.230. The van der Waals surface area contributed by atoms with Crippen LogP contribution in [0, 0.1) is 11.8 Å². The van der Waals surface area contributed by atoms with Crippen LogP contribution in [0.2, 0.25) is 0 Å². The highest BCUT2D eigenvalue weighted by atomic mass is 32.2. The van der Waals surface area contributed by atoms with Gasteiger partial charge in [0.1, 0.15) is 11.5 Å². The fourth-order valence-electron chi connectivity index (χ4n) is 4.58. The molecule has 0 aromatic heterocycles. The molecule has 0 unspecified atom stereocenters. The first-order valence-electron chi connectivity index (χ1n) is 11.9. The molecule has 0 heterocycles. The maximum Gasteiger partial charge on any atom is 0.534 e. The van der Waals surface area contributed by atoms with E-state index >= 15 is 0 Å². The highest BCUT2D eigenvalue weighted by molar-refractivity contribution is 7.88. The van der Waals surface area contributed by atoms with E-state index in [1.54, 1.807) is 0 Å². The molecule has 0 amide bonds. The van der Waals surface area contributed by atoms with Crippen LogP contribution in [-0.4, -0.2) is 53.0 Å². The quantitative estimate of drug-likeness (QED) is 0.158. The van der Waals surface area contributed by atoms with Crippen LogP contribution in [0.15, 0.2) is 48.5 Å². The summed E-state index contributed by atoms with van der Waals surface area (Å²) in [6, 6.07) is 8.47. The van der Waals surface area contributed by atoms with Crippen LogP contribution < -0.4 is 8.37 Å². The van der Waals surface area contributed by atoms with Crippen molar-refractivity contribution in [3.05, 3.63) is 59.7 Å². The molecule has 10 nitrogen and oxygen atoms in total. The van der Waals surface area contributed by atoms with Gasteiger partial charge in [0.2, 0.25) is 0 Å². The molecule has 3 rings (SSSR count). The average Bonchev–Trinajstić information content (AvgIpc) is 2.84. The van der Waals surface area contributed by atoms with Crippen molar-refractivity contribution in [1.82, 2.24) is 0 Å². The van der Waals surface area contributed by atoms with E-state index in [2.05, 4.69) is 8.37 Å². The Morgan fingerprint density at radius 2 is 0.952 bits per heavy atom. The lowest BCUT2D eigenvalue weighted by Gasteiger charge is -2.49. The number of alkyl halides is 6. The number of hydrogen-bond donors (Lipinski definition) is 0. The molecule has 1 fully saturated rings. The second-order valence-electron chi connectivity index (χ2n) is 8.65. The van der Waals surface area contributed by atoms with E-state index in [0.29, 0.717) is 0 Å². The molecule has 0 N–H and O–H groups in total. The molecule has 0 radical (unpaired) electrons. The lowest BCUT2D eigenvalue weighted by molar-refractivity contribution is -0.171. The number of halogens is 6. The van der Waals surface area contributed by atoms with Crippen molar-refractivity contribution >= 4 is 32.2 Å². The smallest absolute Gasteiger partial charge is 0.466 e. The lowest BCUT2D eigenvalue weighted by atomic mass is 9.52. The monoisotopic (exact) mass is 648 g/mol. The van der Waals surface area contributed by atoms with Crippen LogP contribution in [0.4, 0.5) is 26.3 Å². The first-order chi connectivity index (χ1) is 19.4. The molecule has 2 aromatic carbocycles. The van der Waals surface area contributed by atoms with E-state index in [9.17, 15) is 52.8 Å². The molecule has 18 heteroatoms. The van der Waals surface area contributed by atoms with Crippen molar-refractivity contribution in [2.75, 3.05) is 13.2 Å². The molecular weight excluding hydrogens is 626 g/mol. The van der Waals surface area contributed by atoms with Crippen LogP contribution in [0.3, 0.4) is 0 Å². The summed E-state index contributed by atoms with van der Waals surface area (Å²) >= 11 is 0. The molecule has 42 heavy (non-hydrogen) atoms. The van der Waals surface area contributed by atoms with Crippen molar-refractivity contribution in [3.63, 3.8) is 0 Å². The van der Waals surface area contributed by atoms with Crippen LogP contribution in [0.25, 0.3) is 0 Å². The van der Waals surface area contributed by atoms with E-state index in [1.807, 2.05) is 0 Å². The summed E-state index contributed by atoms with van der Waals surface area (Å²) < 4.78 is 145. The lowest BCUT2D eigenvalue weighted by Crippen LogP contribution is -2.52. The third kappa shape index (κ3) is 6.43. The minimum atomic E-state index is -6.24. The number of carbonyl (C=O) groups is 2. The topological polar surface area (TPSA) is 139 Å². The Kier molecular flexibility index (Phi) is 9.41. The highest BCUT2D eigenvalue weighted by Crippen LogP contribution is 2.61. The van der Waals surface area contributed by atoms with E-state index in [4.69, 9.17) is 9.47 Å². The normalized spacial score (nSPS) is 21.1. The van der Waals surface area contributed by atoms with Crippen LogP contribution in [-0.2, 0) is 39.3 Å². The van der Waals surface area contributed by atoms with Gasteiger partial charge in [-0.1, -0.05) is 36.4 Å². The van der Waals surface area contributed by atoms with Gasteiger partial charge in [-0.15, -0.1) is 0 Å². The van der Waals surface area contributed by atoms with E-state index in [0.717, 1.165) is 36.4 Å². The zero-order valence-electron chi connectivity index (χ0n) is 21.5. The number of esters is 2. The number of benzene rings is 2. The minimum Gasteiger partial charge on any atom is -0.466 e. The van der Waals surface area contributed by atoms with Crippen LogP contribution in [0.1, 0.15) is 36.8 Å². The van der Waals surface area contributed by atoms with Crippen molar-refractivity contribution in [3.8, 4) is 11.5 Å². The molecule has 2 aromatic rings. The van der Waals surface area contributed by atoms with Gasteiger partial charge in [-0.05, 0) is 26.0 Å². The van der Waals surface area contributed by atoms with Gasteiger partial charge in [0.05, 0.1) is 25.0 Å². The SMILES string of the molecule is CCOC(=O)[C@H]1[C@H](C(=O)OCC)[C@H](c2ccccc2OS(=O)(=O)C(F)(F)F)[C@H]1c1ccccc1OS(=O)(=O)C(F)(F)F. The maximum absolute atomic E-state index is 13.1. The molecule has 1 aliphatic carbocycles. The number of carbonyl (C=O) groups excluding carboxylic acids is 2. The molecule has 4 atom stereocenters. The molecule has 0 aliphatic heterocycles. The number of para-hydroxylation sites is 2. The Morgan fingerprint density at radius 1 is 0.643 bits per heavy atom. The number of hydrogen-bond acceptors (Lipinski definition) is 10. The van der Waals surface area contributed by atoms with Gasteiger partial charge in [0.15, 0.2) is 0 Å². The third-order valence-electron chi connectivity index (χ3n) is 6.19. The molecule has 232 valence electrons. The molecule has 0 spiro atoms. The number of rotatable bonds is 10. The van der Waals surface area contributed by atoms with Gasteiger partial charge in [0, 0.05) is 23.0 Å². The zero-order chi connectivity index (χ0) is 31.7. The van der Waals surface area contributed by atoms with Crippen molar-refractivity contribution in [2.24, 2.45) is 11.8 Å². The summed E-state index contributed by atoms with van der Waals surface area (Å²) in [6.07, 6.45) is 0. The molecular formula is C24H22F6O10S2. The predicted molar refractivity (Wildman–Crippen MR) is 130 cm³/mol. The molecule has 1 saturated carbocycles. The van der Waals surface area contributed by atoms with Gasteiger partial charge < -0.3 is 17.8 Å². The van der Waals surface area contributed by atoms with Gasteiger partial charge in [-0.25, -0.2) is 0 Å². The van der Waals surface area contributed by atoms with E-state index in [-0.39, 0.29) is 24.3 Å². The summed E-state index contributed by atoms with van der Waals surface area (Å²) in [5.41, 5.74) is -12.5. The van der Waals surface area contributed by atoms with E-state index in [1.165, 1.54) is 26.0 Å². The predicted octanol–water partition coefficient (Wildman–Crippen LogP) is 4.38. The highest BCUT2D eigenvalue weighted by Gasteiger charge is 2.62. The summed E-state index contributed by atoms with van der Waals surface area (Å²) in [5, 5.41) is 0. The van der Waals surface area contributed by atoms with Gasteiger partial charge in [-0.2, -0.15) is 43.2 Å². The van der Waals surface area contributed by atoms with Crippen LogP contribution in [0.5, 0.6) is 11.5 Å². The summed E-state index contributed by atoms with van der Waals surface area (Å²) in [5.74, 6) is -10.2. The fourth-order valence-corrected chi connectivity index (χ4v) is 5.54. The summed E-state index contributed by atoms with van der Waals surface area (Å²) in [7, 11) is -12.5. The Bertz CT molecular complexity index is 1420. The molecule has 0 saturated heterocycles. The zero-order valence-corrected chi connectivity index (χ0v) is 23.1. The first-order valence-corrected chi connectivity index (χ1v) is 14.7. The average molecular weight is 649 g/mol. The number of ether oxygens (including phenoxy) is 2. The Morgan fingerprint density at radius 3 is 1.24 bits per heavy atom. The first kappa shape index (κ1) is 33.0. The fraction of sp³-hybridized carbons (Fsp3) is 0.417. The largest absolute Gasteiger partial charge is 0.534 e. The second kappa shape index (κ2) is 12.0. The third-order valence-corrected chi connectivity index (χ3v) is 8.12.